The van der Waals surface area contributed by atoms with Crippen LogP contribution < -0.4 is 0 Å². The van der Waals surface area contributed by atoms with Crippen molar-refractivity contribution in [1.82, 2.24) is 10.1 Å². The van der Waals surface area contributed by atoms with E-state index < -0.39 is 0 Å². The Bertz CT molecular complexity index is 671. The first-order chi connectivity index (χ1) is 9.93. The quantitative estimate of drug-likeness (QED) is 0.814. The van der Waals surface area contributed by atoms with Crippen LogP contribution in [-0.4, -0.2) is 14.8 Å². The summed E-state index contributed by atoms with van der Waals surface area (Å²) in [6.45, 7) is 6.55. The Kier molecular flexibility index (Phi) is 3.57. The lowest BCUT2D eigenvalue weighted by molar-refractivity contribution is 0.0599. The smallest absolute Gasteiger partial charge is 0.271 e. The summed E-state index contributed by atoms with van der Waals surface area (Å²) >= 11 is 3.29. The van der Waals surface area contributed by atoms with E-state index in [2.05, 4.69) is 64.1 Å². The van der Waals surface area contributed by atoms with E-state index in [-0.39, 0.29) is 11.5 Å². The van der Waals surface area contributed by atoms with Gasteiger partial charge in [0, 0.05) is 12.0 Å². The lowest BCUT2D eigenvalue weighted by Gasteiger charge is -2.18. The molecule has 1 aliphatic heterocycles. The molecule has 0 saturated carbocycles. The molecule has 0 spiro atoms. The summed E-state index contributed by atoms with van der Waals surface area (Å²) in [6.07, 6.45) is 0.319. The van der Waals surface area contributed by atoms with Gasteiger partial charge in [-0.3, -0.25) is 0 Å². The van der Waals surface area contributed by atoms with Gasteiger partial charge in [-0.25, -0.2) is 0 Å². The fourth-order valence-electron chi connectivity index (χ4n) is 2.08. The Balaban J connectivity index is 1.80. The number of rotatable bonds is 2. The van der Waals surface area contributed by atoms with Crippen molar-refractivity contribution < 1.29 is 9.36 Å². The van der Waals surface area contributed by atoms with Crippen LogP contribution in [0.25, 0.3) is 11.4 Å². The van der Waals surface area contributed by atoms with Gasteiger partial charge in [-0.1, -0.05) is 55.3 Å². The van der Waals surface area contributed by atoms with Crippen molar-refractivity contribution >= 4 is 20.6 Å². The van der Waals surface area contributed by atoms with E-state index in [1.54, 1.807) is 0 Å². The van der Waals surface area contributed by atoms with Gasteiger partial charge in [0.2, 0.25) is 11.9 Å². The molecule has 3 rings (SSSR count). The monoisotopic (exact) mass is 349 g/mol. The van der Waals surface area contributed by atoms with Crippen LogP contribution >= 0.6 is 15.9 Å². The Morgan fingerprint density at radius 1 is 1.19 bits per heavy atom. The van der Waals surface area contributed by atoms with Gasteiger partial charge in [0.05, 0.1) is 0 Å². The summed E-state index contributed by atoms with van der Waals surface area (Å²) in [4.78, 5) is 9.60. The Labute approximate surface area is 131 Å². The van der Waals surface area contributed by atoms with E-state index in [4.69, 9.17) is 9.36 Å². The molecule has 2 aromatic rings. The molecule has 0 radical (unpaired) electrons. The standard InChI is InChI=1S/C15H16BrN3O2/c1-15(2,3)10-6-4-9(5-7-10)13-17-14(21-19-13)11-8-12(16)18-20-11/h4-7,11H,8H2,1-3H3. The van der Waals surface area contributed by atoms with Gasteiger partial charge in [0.15, 0.2) is 0 Å². The minimum Gasteiger partial charge on any atom is -0.381 e. The highest BCUT2D eigenvalue weighted by atomic mass is 79.9. The van der Waals surface area contributed by atoms with Crippen LogP contribution in [0.5, 0.6) is 0 Å². The van der Waals surface area contributed by atoms with Gasteiger partial charge in [-0.15, -0.1) is 0 Å². The predicted molar refractivity (Wildman–Crippen MR) is 83.2 cm³/mol. The van der Waals surface area contributed by atoms with E-state index in [0.29, 0.717) is 18.1 Å². The molecule has 5 nitrogen and oxygen atoms in total. The molecule has 1 aromatic carbocycles. The zero-order chi connectivity index (χ0) is 15.0. The molecule has 0 fully saturated rings. The van der Waals surface area contributed by atoms with Crippen molar-refractivity contribution in [1.29, 1.82) is 0 Å². The largest absolute Gasteiger partial charge is 0.381 e. The van der Waals surface area contributed by atoms with Crippen LogP contribution in [-0.2, 0) is 10.3 Å². The van der Waals surface area contributed by atoms with Crippen molar-refractivity contribution in [3.8, 4) is 11.4 Å². The first kappa shape index (κ1) is 14.3. The van der Waals surface area contributed by atoms with Crippen LogP contribution in [0.2, 0.25) is 0 Å². The molecule has 0 bridgehead atoms. The maximum Gasteiger partial charge on any atom is 0.271 e. The van der Waals surface area contributed by atoms with Crippen molar-refractivity contribution in [3.05, 3.63) is 35.7 Å². The minimum atomic E-state index is -0.297. The van der Waals surface area contributed by atoms with Gasteiger partial charge < -0.3 is 9.36 Å². The van der Waals surface area contributed by atoms with Gasteiger partial charge in [0.25, 0.3) is 5.89 Å². The molecule has 0 N–H and O–H groups in total. The molecule has 21 heavy (non-hydrogen) atoms. The second-order valence-corrected chi connectivity index (χ2v) is 6.96. The minimum absolute atomic E-state index is 0.127. The Morgan fingerprint density at radius 2 is 1.90 bits per heavy atom. The van der Waals surface area contributed by atoms with Crippen molar-refractivity contribution in [2.24, 2.45) is 5.16 Å². The third-order valence-corrected chi connectivity index (χ3v) is 3.83. The zero-order valence-corrected chi connectivity index (χ0v) is 13.7. The van der Waals surface area contributed by atoms with Crippen LogP contribution in [0.15, 0.2) is 33.9 Å². The van der Waals surface area contributed by atoms with Crippen molar-refractivity contribution in [2.75, 3.05) is 0 Å². The molecule has 110 valence electrons. The maximum atomic E-state index is 5.27. The molecule has 0 aliphatic carbocycles. The predicted octanol–water partition coefficient (Wildman–Crippen LogP) is 4.20. The van der Waals surface area contributed by atoms with Crippen LogP contribution in [0, 0.1) is 0 Å². The van der Waals surface area contributed by atoms with Crippen molar-refractivity contribution in [2.45, 2.75) is 38.7 Å². The van der Waals surface area contributed by atoms with Crippen LogP contribution in [0.4, 0.5) is 0 Å². The molecule has 0 saturated heterocycles. The molecular weight excluding hydrogens is 334 g/mol. The summed E-state index contributed by atoms with van der Waals surface area (Å²) in [7, 11) is 0. The first-order valence-electron chi connectivity index (χ1n) is 6.76. The van der Waals surface area contributed by atoms with Crippen LogP contribution in [0.1, 0.15) is 44.8 Å². The number of nitrogens with zero attached hydrogens (tertiary/aromatic N) is 3. The van der Waals surface area contributed by atoms with E-state index in [1.165, 1.54) is 5.56 Å². The lowest BCUT2D eigenvalue weighted by Crippen LogP contribution is -2.10. The summed E-state index contributed by atoms with van der Waals surface area (Å²) in [5.74, 6) is 1.01. The van der Waals surface area contributed by atoms with E-state index >= 15 is 0 Å². The summed E-state index contributed by atoms with van der Waals surface area (Å²) in [5.41, 5.74) is 2.32. The summed E-state index contributed by atoms with van der Waals surface area (Å²) in [5, 5.41) is 7.84. The topological polar surface area (TPSA) is 60.5 Å². The SMILES string of the molecule is CC(C)(C)c1ccc(-c2noc(C3CC(Br)=NO3)n2)cc1. The summed E-state index contributed by atoms with van der Waals surface area (Å²) < 4.78 is 6.02. The second kappa shape index (κ2) is 5.26. The zero-order valence-electron chi connectivity index (χ0n) is 12.1. The Morgan fingerprint density at radius 3 is 2.48 bits per heavy atom. The Hall–Kier alpha value is -1.69. The maximum absolute atomic E-state index is 5.27. The fourth-order valence-corrected chi connectivity index (χ4v) is 2.46. The third kappa shape index (κ3) is 3.00. The molecule has 1 aliphatic rings. The number of hydrogen-bond donors (Lipinski definition) is 0. The molecule has 0 amide bonds. The summed E-state index contributed by atoms with van der Waals surface area (Å²) in [6, 6.07) is 8.21. The number of benzene rings is 1. The van der Waals surface area contributed by atoms with Gasteiger partial charge in [0.1, 0.15) is 4.62 Å². The normalized spacial score (nSPS) is 18.5. The van der Waals surface area contributed by atoms with Gasteiger partial charge >= 0.3 is 0 Å². The van der Waals surface area contributed by atoms with Gasteiger partial charge in [-0.2, -0.15) is 4.98 Å². The average molecular weight is 350 g/mol. The second-order valence-electron chi connectivity index (χ2n) is 6.05. The number of hydrogen-bond acceptors (Lipinski definition) is 5. The van der Waals surface area contributed by atoms with E-state index in [0.717, 1.165) is 10.2 Å². The highest BCUT2D eigenvalue weighted by Crippen LogP contribution is 2.30. The molecule has 6 heteroatoms. The number of aromatic nitrogens is 2. The molecule has 1 unspecified atom stereocenters. The number of halogens is 1. The molecule has 1 aromatic heterocycles. The number of oxime groups is 1. The van der Waals surface area contributed by atoms with Gasteiger partial charge in [-0.05, 0) is 26.9 Å². The fraction of sp³-hybridized carbons (Fsp3) is 0.400. The first-order valence-corrected chi connectivity index (χ1v) is 7.55. The highest BCUT2D eigenvalue weighted by Gasteiger charge is 2.27. The third-order valence-electron chi connectivity index (χ3n) is 3.36. The highest BCUT2D eigenvalue weighted by molar-refractivity contribution is 9.18. The average Bonchev–Trinajstić information content (AvgIpc) is 3.06. The molecule has 1 atom stereocenters. The molecular formula is C15H16BrN3O2. The van der Waals surface area contributed by atoms with Crippen LogP contribution in [0.3, 0.4) is 0 Å². The lowest BCUT2D eigenvalue weighted by atomic mass is 9.87. The van der Waals surface area contributed by atoms with E-state index in [1.807, 2.05) is 12.1 Å². The van der Waals surface area contributed by atoms with E-state index in [9.17, 15) is 0 Å². The molecule has 2 heterocycles. The van der Waals surface area contributed by atoms with Crippen molar-refractivity contribution in [3.63, 3.8) is 0 Å².